The number of amides is 2. The van der Waals surface area contributed by atoms with E-state index in [0.29, 0.717) is 18.8 Å². The zero-order valence-corrected chi connectivity index (χ0v) is 31.6. The number of hydrogen-bond donors (Lipinski definition) is 4. The minimum absolute atomic E-state index is 0.153. The van der Waals surface area contributed by atoms with Crippen molar-refractivity contribution in [3.8, 4) is 5.75 Å². The Labute approximate surface area is 290 Å². The Kier molecular flexibility index (Phi) is 12.5. The van der Waals surface area contributed by atoms with Crippen molar-refractivity contribution >= 4 is 21.0 Å². The summed E-state index contributed by atoms with van der Waals surface area (Å²) >= 11 is 0. The van der Waals surface area contributed by atoms with Crippen LogP contribution < -0.4 is 10.6 Å². The van der Waals surface area contributed by atoms with Gasteiger partial charge in [0.1, 0.15) is 17.0 Å². The summed E-state index contributed by atoms with van der Waals surface area (Å²) in [5.41, 5.74) is 0.544. The molecule has 1 fully saturated rings. The van der Waals surface area contributed by atoms with Gasteiger partial charge in [0.05, 0.1) is 12.1 Å². The van der Waals surface area contributed by atoms with E-state index in [1.165, 1.54) is 19.3 Å². The molecule has 2 aliphatic carbocycles. The number of alkyl carbamates (subject to hydrolysis) is 1. The highest BCUT2D eigenvalue weighted by molar-refractivity contribution is 6.48. The molecule has 9 heteroatoms. The molecule has 0 bridgehead atoms. The average molecular weight is 681 g/mol. The van der Waals surface area contributed by atoms with E-state index in [4.69, 9.17) is 9.16 Å². The highest BCUT2D eigenvalue weighted by Gasteiger charge is 2.49. The van der Waals surface area contributed by atoms with Gasteiger partial charge in [-0.2, -0.15) is 0 Å². The highest BCUT2D eigenvalue weighted by atomic mass is 28.3. The second-order valence-electron chi connectivity index (χ2n) is 16.6. The summed E-state index contributed by atoms with van der Waals surface area (Å²) < 4.78 is 12.8. The van der Waals surface area contributed by atoms with Crippen LogP contribution in [-0.4, -0.2) is 54.6 Å². The van der Waals surface area contributed by atoms with Crippen LogP contribution in [0.25, 0.3) is 0 Å². The maximum Gasteiger partial charge on any atom is 0.407 e. The number of carbonyl (C=O) groups is 2. The molecule has 266 valence electrons. The molecule has 48 heavy (non-hydrogen) atoms. The van der Waals surface area contributed by atoms with Gasteiger partial charge in [0, 0.05) is 18.9 Å². The quantitative estimate of drug-likeness (QED) is 0.174. The molecule has 0 aromatic heterocycles. The number of fused-ring (bicyclic) bond motifs is 1. The Hall–Kier alpha value is -2.88. The number of benzene rings is 2. The zero-order chi connectivity index (χ0) is 35.3. The van der Waals surface area contributed by atoms with Gasteiger partial charge >= 0.3 is 6.09 Å². The van der Waals surface area contributed by atoms with Crippen LogP contribution in [0.1, 0.15) is 109 Å². The number of carbonyl (C=O) groups excluding carboxylic acids is 2. The normalized spacial score (nSPS) is 21.2. The van der Waals surface area contributed by atoms with Gasteiger partial charge in [0.15, 0.2) is 9.04 Å². The van der Waals surface area contributed by atoms with Gasteiger partial charge in [0.25, 0.3) is 5.91 Å². The molecule has 2 amide bonds. The number of ether oxygens (including phenoxy) is 1. The highest BCUT2D eigenvalue weighted by Crippen LogP contribution is 2.43. The van der Waals surface area contributed by atoms with Crippen molar-refractivity contribution in [2.75, 3.05) is 0 Å². The number of phenols is 1. The van der Waals surface area contributed by atoms with E-state index < -0.39 is 38.5 Å². The van der Waals surface area contributed by atoms with E-state index in [2.05, 4.69) is 44.5 Å². The molecular formula is C39H60N2O6Si. The molecular weight excluding hydrogens is 621 g/mol. The maximum absolute atomic E-state index is 15.0. The molecule has 4 rings (SSSR count). The van der Waals surface area contributed by atoms with E-state index in [-0.39, 0.29) is 35.5 Å². The summed E-state index contributed by atoms with van der Waals surface area (Å²) in [4.78, 5) is 28.4. The molecule has 0 spiro atoms. The lowest BCUT2D eigenvalue weighted by Crippen LogP contribution is -2.58. The number of aliphatic hydroxyl groups excluding tert-OH is 1. The summed E-state index contributed by atoms with van der Waals surface area (Å²) in [6, 6.07) is 14.0. The van der Waals surface area contributed by atoms with Gasteiger partial charge in [-0.15, -0.1) is 0 Å². The number of hydrogen-bond acceptors (Lipinski definition) is 6. The monoisotopic (exact) mass is 680 g/mol. The predicted molar refractivity (Wildman–Crippen MR) is 193 cm³/mol. The lowest BCUT2D eigenvalue weighted by molar-refractivity contribution is -0.142. The minimum atomic E-state index is -1.86. The summed E-state index contributed by atoms with van der Waals surface area (Å²) in [6.45, 7) is 16.3. The lowest BCUT2D eigenvalue weighted by Gasteiger charge is -2.46. The second-order valence-corrected chi connectivity index (χ2v) is 18.9. The Morgan fingerprint density at radius 1 is 0.958 bits per heavy atom. The molecule has 2 aliphatic rings. The average Bonchev–Trinajstić information content (AvgIpc) is 3.29. The first-order valence-electron chi connectivity index (χ1n) is 18.0. The summed E-state index contributed by atoms with van der Waals surface area (Å²) in [7, 11) is -1.86. The van der Waals surface area contributed by atoms with Crippen LogP contribution in [0.2, 0.25) is 13.1 Å². The maximum atomic E-state index is 15.0. The van der Waals surface area contributed by atoms with Crippen molar-refractivity contribution in [1.82, 2.24) is 10.6 Å². The third-order valence-electron chi connectivity index (χ3n) is 9.95. The molecule has 2 aromatic rings. The van der Waals surface area contributed by atoms with Crippen LogP contribution in [0.4, 0.5) is 4.79 Å². The van der Waals surface area contributed by atoms with Crippen LogP contribution in [0, 0.1) is 17.3 Å². The number of rotatable bonds is 12. The van der Waals surface area contributed by atoms with E-state index in [9.17, 15) is 19.8 Å². The Morgan fingerprint density at radius 2 is 1.60 bits per heavy atom. The fraction of sp³-hybridized carbons (Fsp3) is 0.641. The fourth-order valence-corrected chi connectivity index (χ4v) is 8.96. The van der Waals surface area contributed by atoms with Crippen molar-refractivity contribution in [2.24, 2.45) is 17.3 Å². The lowest BCUT2D eigenvalue weighted by atomic mass is 9.67. The predicted octanol–water partition coefficient (Wildman–Crippen LogP) is 7.36. The summed E-state index contributed by atoms with van der Waals surface area (Å²) in [5.74, 6) is 0.193. The Balaban J connectivity index is 1.79. The SMILES string of the molecule is C[SiH](C)O[C@@](Cc1ccc(O)cc1)(C[C@H]([C@H](CC1CCCCC1)NC(=O)OC(C)(C)C)C(C)(C)C)C(=O)N[C@H]1c2ccccc2C[C@H]1O. The Bertz CT molecular complexity index is 1360. The zero-order valence-electron chi connectivity index (χ0n) is 30.5. The molecule has 0 heterocycles. The van der Waals surface area contributed by atoms with Crippen molar-refractivity contribution in [2.45, 2.75) is 142 Å². The van der Waals surface area contributed by atoms with E-state index in [1.807, 2.05) is 57.2 Å². The molecule has 8 nitrogen and oxygen atoms in total. The van der Waals surface area contributed by atoms with Gasteiger partial charge in [-0.3, -0.25) is 4.79 Å². The van der Waals surface area contributed by atoms with Gasteiger partial charge < -0.3 is 30.0 Å². The molecule has 2 aromatic carbocycles. The van der Waals surface area contributed by atoms with Gasteiger partial charge in [-0.25, -0.2) is 4.79 Å². The molecule has 0 unspecified atom stereocenters. The number of aliphatic hydroxyl groups is 1. The second kappa shape index (κ2) is 15.8. The van der Waals surface area contributed by atoms with Gasteiger partial charge in [-0.05, 0) is 92.8 Å². The van der Waals surface area contributed by atoms with Gasteiger partial charge in [-0.1, -0.05) is 89.3 Å². The minimum Gasteiger partial charge on any atom is -0.508 e. The van der Waals surface area contributed by atoms with Crippen molar-refractivity contribution < 1.29 is 29.0 Å². The molecule has 0 saturated heterocycles. The third-order valence-corrected chi connectivity index (χ3v) is 10.9. The fourth-order valence-electron chi connectivity index (χ4n) is 7.78. The topological polar surface area (TPSA) is 117 Å². The molecule has 0 radical (unpaired) electrons. The van der Waals surface area contributed by atoms with Gasteiger partial charge in [0.2, 0.25) is 0 Å². The molecule has 4 N–H and O–H groups in total. The largest absolute Gasteiger partial charge is 0.508 e. The smallest absolute Gasteiger partial charge is 0.407 e. The number of phenolic OH excluding ortho intramolecular Hbond substituents is 1. The van der Waals surface area contributed by atoms with E-state index in [1.54, 1.807) is 12.1 Å². The third kappa shape index (κ3) is 10.3. The first-order valence-corrected chi connectivity index (χ1v) is 20.8. The number of aromatic hydroxyl groups is 1. The Morgan fingerprint density at radius 3 is 2.21 bits per heavy atom. The first kappa shape index (κ1) is 37.9. The van der Waals surface area contributed by atoms with Crippen molar-refractivity contribution in [3.05, 3.63) is 65.2 Å². The first-order chi connectivity index (χ1) is 22.5. The van der Waals surface area contributed by atoms with Crippen molar-refractivity contribution in [1.29, 1.82) is 0 Å². The van der Waals surface area contributed by atoms with Crippen LogP contribution >= 0.6 is 0 Å². The molecule has 5 atom stereocenters. The van der Waals surface area contributed by atoms with Crippen LogP contribution in [0.15, 0.2) is 48.5 Å². The standard InChI is InChI=1S/C39H60N2O6Si/c1-37(2,3)31(32(22-26-14-10-9-11-15-26)40-36(45)46-38(4,5)6)25-39(47-48(7)8,24-27-18-20-29(42)21-19-27)35(44)41-34-30-17-13-12-16-28(30)23-33(34)43/h12-13,16-21,26,31-34,42-43,48H,9-11,14-15,22-25H2,1-8H3,(H,40,45)(H,41,44)/t31-,32+,33-,34+,39+/m1/s1. The summed E-state index contributed by atoms with van der Waals surface area (Å²) in [5, 5.41) is 27.8. The van der Waals surface area contributed by atoms with E-state index >= 15 is 0 Å². The molecule has 1 saturated carbocycles. The molecule has 0 aliphatic heterocycles. The number of nitrogens with one attached hydrogen (secondary N) is 2. The van der Waals surface area contributed by atoms with Crippen molar-refractivity contribution in [3.63, 3.8) is 0 Å². The van der Waals surface area contributed by atoms with Crippen LogP contribution in [0.3, 0.4) is 0 Å². The van der Waals surface area contributed by atoms with Crippen LogP contribution in [-0.2, 0) is 26.8 Å². The van der Waals surface area contributed by atoms with Crippen LogP contribution in [0.5, 0.6) is 5.75 Å². The summed E-state index contributed by atoms with van der Waals surface area (Å²) in [6.07, 6.45) is 6.56. The van der Waals surface area contributed by atoms with E-state index in [0.717, 1.165) is 36.0 Å².